The van der Waals surface area contributed by atoms with E-state index in [1.165, 1.54) is 0 Å². The standard InChI is InChI=1S/C15H15N3O/c19-12-17-15(7-1-2-8-15)13-3-5-14(6-4-13)18-10-9-16-11-18/h3-6,9-11H,1-2,7-8H2. The molecular formula is C15H15N3O. The number of rotatable bonds is 3. The molecule has 1 heterocycles. The van der Waals surface area contributed by atoms with E-state index in [0.29, 0.717) is 0 Å². The second-order valence-corrected chi connectivity index (χ2v) is 4.96. The van der Waals surface area contributed by atoms with Gasteiger partial charge in [-0.25, -0.2) is 9.78 Å². The second-order valence-electron chi connectivity index (χ2n) is 4.96. The van der Waals surface area contributed by atoms with Gasteiger partial charge in [-0.1, -0.05) is 25.0 Å². The molecule has 1 aliphatic carbocycles. The molecule has 19 heavy (non-hydrogen) atoms. The normalized spacial score (nSPS) is 17.1. The van der Waals surface area contributed by atoms with Crippen LogP contribution in [0.25, 0.3) is 5.69 Å². The second kappa shape index (κ2) is 4.82. The van der Waals surface area contributed by atoms with Gasteiger partial charge in [-0.3, -0.25) is 0 Å². The van der Waals surface area contributed by atoms with E-state index in [1.54, 1.807) is 18.6 Å². The smallest absolute Gasteiger partial charge is 0.235 e. The van der Waals surface area contributed by atoms with Crippen molar-refractivity contribution in [2.45, 2.75) is 31.2 Å². The van der Waals surface area contributed by atoms with Crippen LogP contribution in [0.15, 0.2) is 48.0 Å². The number of hydrogen-bond donors (Lipinski definition) is 0. The van der Waals surface area contributed by atoms with Crippen LogP contribution >= 0.6 is 0 Å². The van der Waals surface area contributed by atoms with Crippen LogP contribution in [0.3, 0.4) is 0 Å². The molecule has 1 aromatic carbocycles. The number of nitrogens with zero attached hydrogens (tertiary/aromatic N) is 3. The number of aromatic nitrogens is 2. The molecule has 0 unspecified atom stereocenters. The zero-order valence-electron chi connectivity index (χ0n) is 10.6. The van der Waals surface area contributed by atoms with Crippen LogP contribution in [-0.4, -0.2) is 15.6 Å². The largest absolute Gasteiger partial charge is 0.306 e. The average Bonchev–Trinajstić information content (AvgIpc) is 3.11. The Morgan fingerprint density at radius 1 is 1.21 bits per heavy atom. The molecule has 1 aromatic heterocycles. The molecule has 1 fully saturated rings. The predicted molar refractivity (Wildman–Crippen MR) is 71.8 cm³/mol. The molecule has 4 nitrogen and oxygen atoms in total. The van der Waals surface area contributed by atoms with E-state index in [-0.39, 0.29) is 5.54 Å². The van der Waals surface area contributed by atoms with Gasteiger partial charge >= 0.3 is 0 Å². The van der Waals surface area contributed by atoms with Gasteiger partial charge in [0.1, 0.15) is 0 Å². The van der Waals surface area contributed by atoms with Gasteiger partial charge in [0.05, 0.1) is 11.9 Å². The van der Waals surface area contributed by atoms with E-state index in [2.05, 4.69) is 22.1 Å². The summed E-state index contributed by atoms with van der Waals surface area (Å²) < 4.78 is 1.95. The van der Waals surface area contributed by atoms with E-state index in [1.807, 2.05) is 22.9 Å². The van der Waals surface area contributed by atoms with Crippen LogP contribution in [0.1, 0.15) is 31.2 Å². The Labute approximate surface area is 111 Å². The third-order valence-corrected chi connectivity index (χ3v) is 3.90. The van der Waals surface area contributed by atoms with Gasteiger partial charge in [0.25, 0.3) is 0 Å². The molecule has 0 bridgehead atoms. The minimum Gasteiger partial charge on any atom is -0.306 e. The fraction of sp³-hybridized carbons (Fsp3) is 0.333. The molecular weight excluding hydrogens is 238 g/mol. The molecule has 1 saturated carbocycles. The van der Waals surface area contributed by atoms with Gasteiger partial charge in [-0.2, -0.15) is 4.99 Å². The number of imidazole rings is 1. The van der Waals surface area contributed by atoms with Crippen molar-refractivity contribution in [3.05, 3.63) is 48.5 Å². The molecule has 3 rings (SSSR count). The summed E-state index contributed by atoms with van der Waals surface area (Å²) >= 11 is 0. The molecule has 0 atom stereocenters. The Morgan fingerprint density at radius 3 is 2.53 bits per heavy atom. The maximum absolute atomic E-state index is 10.7. The van der Waals surface area contributed by atoms with Gasteiger partial charge in [-0.05, 0) is 30.5 Å². The van der Waals surface area contributed by atoms with Crippen molar-refractivity contribution < 1.29 is 4.79 Å². The lowest BCUT2D eigenvalue weighted by Gasteiger charge is -2.23. The van der Waals surface area contributed by atoms with Crippen molar-refractivity contribution in [1.29, 1.82) is 0 Å². The first-order valence-corrected chi connectivity index (χ1v) is 6.52. The highest BCUT2D eigenvalue weighted by molar-refractivity contribution is 5.42. The number of hydrogen-bond acceptors (Lipinski definition) is 3. The molecule has 2 aromatic rings. The van der Waals surface area contributed by atoms with Crippen LogP contribution < -0.4 is 0 Å². The first kappa shape index (κ1) is 11.9. The van der Waals surface area contributed by atoms with Gasteiger partial charge in [0.15, 0.2) is 0 Å². The van der Waals surface area contributed by atoms with Gasteiger partial charge in [0, 0.05) is 18.1 Å². The summed E-state index contributed by atoms with van der Waals surface area (Å²) in [5, 5.41) is 0. The average molecular weight is 253 g/mol. The number of benzene rings is 1. The lowest BCUT2D eigenvalue weighted by molar-refractivity contribution is 0.456. The lowest BCUT2D eigenvalue weighted by Crippen LogP contribution is -2.18. The first-order chi connectivity index (χ1) is 9.34. The predicted octanol–water partition coefficient (Wildman–Crippen LogP) is 2.98. The molecule has 0 N–H and O–H groups in total. The monoisotopic (exact) mass is 253 g/mol. The summed E-state index contributed by atoms with van der Waals surface area (Å²) in [5.41, 5.74) is 1.83. The van der Waals surface area contributed by atoms with Crippen molar-refractivity contribution in [2.24, 2.45) is 4.99 Å². The zero-order valence-corrected chi connectivity index (χ0v) is 10.6. The molecule has 0 radical (unpaired) electrons. The van der Waals surface area contributed by atoms with Gasteiger partial charge < -0.3 is 4.57 Å². The number of carbonyl (C=O) groups excluding carboxylic acids is 1. The Kier molecular flexibility index (Phi) is 3.02. The SMILES string of the molecule is O=C=NC1(c2ccc(-n3ccnc3)cc2)CCCC1. The van der Waals surface area contributed by atoms with Gasteiger partial charge in [0.2, 0.25) is 6.08 Å². The molecule has 96 valence electrons. The fourth-order valence-electron chi connectivity index (χ4n) is 2.87. The topological polar surface area (TPSA) is 47.2 Å². The van der Waals surface area contributed by atoms with Crippen molar-refractivity contribution in [3.8, 4) is 5.69 Å². The van der Waals surface area contributed by atoms with Crippen molar-refractivity contribution in [2.75, 3.05) is 0 Å². The minimum atomic E-state index is -0.338. The third kappa shape index (κ3) is 2.11. The maximum Gasteiger partial charge on any atom is 0.235 e. The van der Waals surface area contributed by atoms with Gasteiger partial charge in [-0.15, -0.1) is 0 Å². The van der Waals surface area contributed by atoms with Crippen molar-refractivity contribution in [1.82, 2.24) is 9.55 Å². The minimum absolute atomic E-state index is 0.338. The van der Waals surface area contributed by atoms with E-state index in [4.69, 9.17) is 0 Å². The van der Waals surface area contributed by atoms with Crippen molar-refractivity contribution >= 4 is 6.08 Å². The summed E-state index contributed by atoms with van der Waals surface area (Å²) in [6.45, 7) is 0. The highest BCUT2D eigenvalue weighted by Crippen LogP contribution is 2.42. The summed E-state index contributed by atoms with van der Waals surface area (Å²) in [4.78, 5) is 18.8. The highest BCUT2D eigenvalue weighted by Gasteiger charge is 2.35. The Balaban J connectivity index is 1.95. The Bertz CT molecular complexity index is 589. The zero-order chi connectivity index (χ0) is 13.1. The van der Waals surface area contributed by atoms with Crippen LogP contribution in [0.2, 0.25) is 0 Å². The third-order valence-electron chi connectivity index (χ3n) is 3.90. The summed E-state index contributed by atoms with van der Waals surface area (Å²) in [5.74, 6) is 0. The highest BCUT2D eigenvalue weighted by atomic mass is 16.1. The summed E-state index contributed by atoms with van der Waals surface area (Å²) in [6.07, 6.45) is 11.3. The van der Waals surface area contributed by atoms with Crippen LogP contribution in [0, 0.1) is 0 Å². The van der Waals surface area contributed by atoms with E-state index in [0.717, 1.165) is 36.9 Å². The number of aliphatic imine (C=N–C) groups is 1. The Hall–Kier alpha value is -2.19. The molecule has 0 saturated heterocycles. The maximum atomic E-state index is 10.7. The van der Waals surface area contributed by atoms with Crippen LogP contribution in [0.5, 0.6) is 0 Å². The molecule has 1 aliphatic rings. The van der Waals surface area contributed by atoms with Crippen molar-refractivity contribution in [3.63, 3.8) is 0 Å². The first-order valence-electron chi connectivity index (χ1n) is 6.52. The molecule has 0 aliphatic heterocycles. The van der Waals surface area contributed by atoms with E-state index < -0.39 is 0 Å². The number of isocyanates is 1. The lowest BCUT2D eigenvalue weighted by atomic mass is 9.89. The van der Waals surface area contributed by atoms with E-state index >= 15 is 0 Å². The fourth-order valence-corrected chi connectivity index (χ4v) is 2.87. The Morgan fingerprint density at radius 2 is 1.95 bits per heavy atom. The quantitative estimate of drug-likeness (QED) is 0.623. The molecule has 0 spiro atoms. The molecule has 4 heteroatoms. The molecule has 0 amide bonds. The summed E-state index contributed by atoms with van der Waals surface area (Å²) in [6, 6.07) is 8.19. The van der Waals surface area contributed by atoms with E-state index in [9.17, 15) is 4.79 Å². The summed E-state index contributed by atoms with van der Waals surface area (Å²) in [7, 11) is 0. The van der Waals surface area contributed by atoms with Crippen LogP contribution in [-0.2, 0) is 10.3 Å². The van der Waals surface area contributed by atoms with Crippen LogP contribution in [0.4, 0.5) is 0 Å².